The first-order valence-corrected chi connectivity index (χ1v) is 6.93. The Balaban J connectivity index is 2.09. The van der Waals surface area contributed by atoms with E-state index in [0.717, 1.165) is 6.54 Å². The molecule has 0 atom stereocenters. The molecule has 0 saturated heterocycles. The highest BCUT2D eigenvalue weighted by Gasteiger charge is 2.14. The van der Waals surface area contributed by atoms with Crippen LogP contribution in [-0.4, -0.2) is 12.1 Å². The number of hydrogen-bond acceptors (Lipinski definition) is 1. The molecule has 0 radical (unpaired) electrons. The van der Waals surface area contributed by atoms with Gasteiger partial charge < -0.3 is 5.32 Å². The van der Waals surface area contributed by atoms with Gasteiger partial charge in [0, 0.05) is 5.54 Å². The van der Waals surface area contributed by atoms with Crippen LogP contribution >= 0.6 is 0 Å². The number of unbranched alkanes of at least 4 members (excludes halogenated alkanes) is 1. The molecule has 1 aromatic carbocycles. The Morgan fingerprint density at radius 2 is 1.76 bits per heavy atom. The topological polar surface area (TPSA) is 12.0 Å². The van der Waals surface area contributed by atoms with E-state index in [2.05, 4.69) is 56.4 Å². The van der Waals surface area contributed by atoms with Crippen molar-refractivity contribution in [1.82, 2.24) is 5.32 Å². The van der Waals surface area contributed by atoms with Crippen molar-refractivity contribution >= 4 is 0 Å². The molecule has 0 amide bonds. The molecule has 1 rings (SSSR count). The summed E-state index contributed by atoms with van der Waals surface area (Å²) in [6.45, 7) is 7.99. The molecule has 0 aliphatic carbocycles. The van der Waals surface area contributed by atoms with Gasteiger partial charge in [0.25, 0.3) is 0 Å². The van der Waals surface area contributed by atoms with Crippen molar-refractivity contribution in [2.45, 2.75) is 58.4 Å². The molecule has 0 spiro atoms. The van der Waals surface area contributed by atoms with Crippen molar-refractivity contribution < 1.29 is 0 Å². The summed E-state index contributed by atoms with van der Waals surface area (Å²) in [4.78, 5) is 0. The quantitative estimate of drug-likeness (QED) is 0.664. The van der Waals surface area contributed by atoms with Crippen LogP contribution in [0.3, 0.4) is 0 Å². The lowest BCUT2D eigenvalue weighted by Crippen LogP contribution is -2.39. The second-order valence-electron chi connectivity index (χ2n) is 5.50. The zero-order valence-corrected chi connectivity index (χ0v) is 11.6. The van der Waals surface area contributed by atoms with E-state index in [1.807, 2.05) is 0 Å². The zero-order chi connectivity index (χ0) is 12.6. The van der Waals surface area contributed by atoms with Crippen molar-refractivity contribution in [3.05, 3.63) is 35.9 Å². The van der Waals surface area contributed by atoms with Crippen molar-refractivity contribution in [2.24, 2.45) is 0 Å². The molecule has 1 heteroatoms. The fourth-order valence-electron chi connectivity index (χ4n) is 2.24. The van der Waals surface area contributed by atoms with E-state index in [-0.39, 0.29) is 0 Å². The molecule has 96 valence electrons. The summed E-state index contributed by atoms with van der Waals surface area (Å²) in [6.07, 6.45) is 6.26. The summed E-state index contributed by atoms with van der Waals surface area (Å²) in [5.74, 6) is 0. The molecule has 0 aromatic heterocycles. The van der Waals surface area contributed by atoms with Gasteiger partial charge in [0.1, 0.15) is 0 Å². The summed E-state index contributed by atoms with van der Waals surface area (Å²) in [7, 11) is 0. The summed E-state index contributed by atoms with van der Waals surface area (Å²) in [6, 6.07) is 10.8. The van der Waals surface area contributed by atoms with Crippen molar-refractivity contribution in [1.29, 1.82) is 0 Å². The van der Waals surface area contributed by atoms with Crippen molar-refractivity contribution in [3.63, 3.8) is 0 Å². The van der Waals surface area contributed by atoms with Gasteiger partial charge >= 0.3 is 0 Å². The Morgan fingerprint density at radius 3 is 2.41 bits per heavy atom. The number of nitrogens with one attached hydrogen (secondary N) is 1. The molecular formula is C16H27N. The van der Waals surface area contributed by atoms with Crippen LogP contribution in [0.5, 0.6) is 0 Å². The van der Waals surface area contributed by atoms with Crippen LogP contribution in [0.1, 0.15) is 52.0 Å². The van der Waals surface area contributed by atoms with Crippen LogP contribution in [0.2, 0.25) is 0 Å². The van der Waals surface area contributed by atoms with Gasteiger partial charge in [0.05, 0.1) is 0 Å². The minimum atomic E-state index is 0.307. The first kappa shape index (κ1) is 14.2. The third kappa shape index (κ3) is 6.48. The first-order chi connectivity index (χ1) is 8.14. The second kappa shape index (κ2) is 7.50. The van der Waals surface area contributed by atoms with Crippen LogP contribution in [0.25, 0.3) is 0 Å². The first-order valence-electron chi connectivity index (χ1n) is 6.93. The molecule has 1 nitrogen and oxygen atoms in total. The lowest BCUT2D eigenvalue weighted by atomic mass is 9.98. The maximum atomic E-state index is 3.65. The monoisotopic (exact) mass is 233 g/mol. The average Bonchev–Trinajstić information content (AvgIpc) is 2.30. The SMILES string of the molecule is CCCC(C)(C)NCCCCc1ccccc1. The van der Waals surface area contributed by atoms with E-state index in [9.17, 15) is 0 Å². The third-order valence-electron chi connectivity index (χ3n) is 3.21. The van der Waals surface area contributed by atoms with E-state index in [4.69, 9.17) is 0 Å². The molecule has 0 bridgehead atoms. The third-order valence-corrected chi connectivity index (χ3v) is 3.21. The maximum absolute atomic E-state index is 3.65. The van der Waals surface area contributed by atoms with Gasteiger partial charge in [0.2, 0.25) is 0 Å². The summed E-state index contributed by atoms with van der Waals surface area (Å²) >= 11 is 0. The van der Waals surface area contributed by atoms with Crippen molar-refractivity contribution in [2.75, 3.05) is 6.54 Å². The molecule has 0 aliphatic heterocycles. The van der Waals surface area contributed by atoms with E-state index >= 15 is 0 Å². The van der Waals surface area contributed by atoms with Gasteiger partial charge in [-0.2, -0.15) is 0 Å². The lowest BCUT2D eigenvalue weighted by molar-refractivity contribution is 0.355. The van der Waals surface area contributed by atoms with Gasteiger partial charge in [-0.15, -0.1) is 0 Å². The Hall–Kier alpha value is -0.820. The fourth-order valence-corrected chi connectivity index (χ4v) is 2.24. The zero-order valence-electron chi connectivity index (χ0n) is 11.6. The summed E-state index contributed by atoms with van der Waals surface area (Å²) < 4.78 is 0. The molecule has 0 saturated carbocycles. The van der Waals surface area contributed by atoms with Crippen LogP contribution in [0.15, 0.2) is 30.3 Å². The molecule has 0 aliphatic rings. The highest BCUT2D eigenvalue weighted by Crippen LogP contribution is 2.11. The van der Waals surface area contributed by atoms with Gasteiger partial charge in [-0.3, -0.25) is 0 Å². The Morgan fingerprint density at radius 1 is 1.06 bits per heavy atom. The molecule has 17 heavy (non-hydrogen) atoms. The number of rotatable bonds is 8. The highest BCUT2D eigenvalue weighted by atomic mass is 14.9. The van der Waals surface area contributed by atoms with Gasteiger partial charge in [-0.1, -0.05) is 43.7 Å². The molecular weight excluding hydrogens is 206 g/mol. The molecule has 0 fully saturated rings. The standard InChI is InChI=1S/C16H27N/c1-4-13-16(2,3)17-14-9-8-12-15-10-6-5-7-11-15/h5-7,10-11,17H,4,8-9,12-14H2,1-3H3. The van der Waals surface area contributed by atoms with Gasteiger partial charge in [-0.25, -0.2) is 0 Å². The van der Waals surface area contributed by atoms with Crippen LogP contribution in [0, 0.1) is 0 Å². The largest absolute Gasteiger partial charge is 0.312 e. The normalized spacial score (nSPS) is 11.7. The summed E-state index contributed by atoms with van der Waals surface area (Å²) in [5.41, 5.74) is 1.77. The lowest BCUT2D eigenvalue weighted by Gasteiger charge is -2.25. The van der Waals surface area contributed by atoms with Crippen LogP contribution in [0.4, 0.5) is 0 Å². The smallest absolute Gasteiger partial charge is 0.0125 e. The van der Waals surface area contributed by atoms with Crippen molar-refractivity contribution in [3.8, 4) is 0 Å². The number of hydrogen-bond donors (Lipinski definition) is 1. The Kier molecular flexibility index (Phi) is 6.28. The van der Waals surface area contributed by atoms with E-state index in [1.54, 1.807) is 0 Å². The minimum absolute atomic E-state index is 0.307. The average molecular weight is 233 g/mol. The van der Waals surface area contributed by atoms with Gasteiger partial charge in [-0.05, 0) is 51.6 Å². The fraction of sp³-hybridized carbons (Fsp3) is 0.625. The predicted molar refractivity (Wildman–Crippen MR) is 76.4 cm³/mol. The van der Waals surface area contributed by atoms with Gasteiger partial charge in [0.15, 0.2) is 0 Å². The Bertz CT molecular complexity index is 290. The van der Waals surface area contributed by atoms with E-state index in [0.29, 0.717) is 5.54 Å². The second-order valence-corrected chi connectivity index (χ2v) is 5.50. The molecule has 1 N–H and O–H groups in total. The number of benzene rings is 1. The maximum Gasteiger partial charge on any atom is 0.0125 e. The molecule has 0 unspecified atom stereocenters. The van der Waals surface area contributed by atoms with Crippen LogP contribution < -0.4 is 5.32 Å². The van der Waals surface area contributed by atoms with E-state index < -0.39 is 0 Å². The minimum Gasteiger partial charge on any atom is -0.312 e. The summed E-state index contributed by atoms with van der Waals surface area (Å²) in [5, 5.41) is 3.65. The van der Waals surface area contributed by atoms with Crippen LogP contribution in [-0.2, 0) is 6.42 Å². The molecule has 0 heterocycles. The highest BCUT2D eigenvalue weighted by molar-refractivity contribution is 5.14. The van der Waals surface area contributed by atoms with E-state index in [1.165, 1.54) is 37.7 Å². The predicted octanol–water partition coefficient (Wildman–Crippen LogP) is 4.18. The molecule has 1 aromatic rings. The number of aryl methyl sites for hydroxylation is 1. The Labute approximate surface area is 107 Å².